The van der Waals surface area contributed by atoms with Gasteiger partial charge in [0.2, 0.25) is 0 Å². The predicted molar refractivity (Wildman–Crippen MR) is 132 cm³/mol. The van der Waals surface area contributed by atoms with Crippen LogP contribution in [0.5, 0.6) is 0 Å². The molecule has 2 aliphatic rings. The lowest BCUT2D eigenvalue weighted by atomic mass is 9.89. The van der Waals surface area contributed by atoms with Crippen LogP contribution in [0.25, 0.3) is 21.8 Å². The lowest BCUT2D eigenvalue weighted by molar-refractivity contribution is -0.140. The third-order valence-electron chi connectivity index (χ3n) is 7.59. The Balaban J connectivity index is 1.25. The van der Waals surface area contributed by atoms with E-state index in [2.05, 4.69) is 20.6 Å². The van der Waals surface area contributed by atoms with Crippen molar-refractivity contribution in [1.82, 2.24) is 20.6 Å². The molecule has 6 N–H and O–H groups in total. The van der Waals surface area contributed by atoms with Crippen molar-refractivity contribution < 1.29 is 19.8 Å². The van der Waals surface area contributed by atoms with Crippen LogP contribution >= 0.6 is 0 Å². The maximum absolute atomic E-state index is 11.9. The van der Waals surface area contributed by atoms with Gasteiger partial charge in [0.1, 0.15) is 12.1 Å². The van der Waals surface area contributed by atoms with E-state index in [9.17, 15) is 19.8 Å². The van der Waals surface area contributed by atoms with Crippen molar-refractivity contribution >= 4 is 33.7 Å². The molecular formula is C27H28N4O4. The Bertz CT molecular complexity index is 1330. The van der Waals surface area contributed by atoms with Crippen LogP contribution in [-0.2, 0) is 22.4 Å². The zero-order chi connectivity index (χ0) is 24.1. The standard InChI is InChI=1S/C27H28N4O4/c32-26(33)22-12-16-14-6-1-3-8-18(14)30-24(16)20(28-22)10-5-11-21-25-17(13-23(29-21)27(34)35)15-7-2-4-9-19(15)31-25/h1-4,6-9,20-23,28-31H,5,10-13H2,(H,32,33)(H,34,35)/t20-,21-,22-,23+/m1/s1. The number of aromatic amines is 2. The van der Waals surface area contributed by atoms with Gasteiger partial charge >= 0.3 is 11.9 Å². The van der Waals surface area contributed by atoms with E-state index >= 15 is 0 Å². The normalized spacial score (nSPS) is 23.8. The molecule has 0 saturated heterocycles. The van der Waals surface area contributed by atoms with Crippen molar-refractivity contribution in [1.29, 1.82) is 0 Å². The highest BCUT2D eigenvalue weighted by molar-refractivity contribution is 5.87. The first kappa shape index (κ1) is 21.9. The van der Waals surface area contributed by atoms with Crippen LogP contribution < -0.4 is 10.6 Å². The Labute approximate surface area is 201 Å². The van der Waals surface area contributed by atoms with Crippen LogP contribution in [0, 0.1) is 0 Å². The van der Waals surface area contributed by atoms with Crippen molar-refractivity contribution in [3.05, 3.63) is 71.0 Å². The number of carboxylic acids is 2. The first-order valence-electron chi connectivity index (χ1n) is 12.2. The van der Waals surface area contributed by atoms with Crippen LogP contribution in [0.3, 0.4) is 0 Å². The monoisotopic (exact) mass is 472 g/mol. The van der Waals surface area contributed by atoms with Crippen molar-refractivity contribution in [3.8, 4) is 0 Å². The maximum atomic E-state index is 11.9. The summed E-state index contributed by atoms with van der Waals surface area (Å²) in [6, 6.07) is 14.6. The molecule has 0 saturated carbocycles. The summed E-state index contributed by atoms with van der Waals surface area (Å²) in [6.07, 6.45) is 3.20. The van der Waals surface area contributed by atoms with Crippen LogP contribution in [0.4, 0.5) is 0 Å². The van der Waals surface area contributed by atoms with Crippen molar-refractivity contribution in [2.24, 2.45) is 0 Å². The number of para-hydroxylation sites is 2. The largest absolute Gasteiger partial charge is 0.480 e. The topological polar surface area (TPSA) is 130 Å². The van der Waals surface area contributed by atoms with Crippen molar-refractivity contribution in [3.63, 3.8) is 0 Å². The summed E-state index contributed by atoms with van der Waals surface area (Å²) in [5.41, 5.74) is 6.34. The molecule has 0 unspecified atom stereocenters. The molecule has 2 aliphatic heterocycles. The van der Waals surface area contributed by atoms with Gasteiger partial charge in [-0.3, -0.25) is 20.2 Å². The molecule has 0 fully saturated rings. The van der Waals surface area contributed by atoms with E-state index in [4.69, 9.17) is 0 Å². The zero-order valence-electron chi connectivity index (χ0n) is 19.2. The highest BCUT2D eigenvalue weighted by Gasteiger charge is 2.35. The fourth-order valence-electron chi connectivity index (χ4n) is 5.95. The molecule has 0 aliphatic carbocycles. The fraction of sp³-hybridized carbons (Fsp3) is 0.333. The molecule has 2 aromatic carbocycles. The third-order valence-corrected chi connectivity index (χ3v) is 7.59. The van der Waals surface area contributed by atoms with Gasteiger partial charge < -0.3 is 20.2 Å². The highest BCUT2D eigenvalue weighted by atomic mass is 16.4. The van der Waals surface area contributed by atoms with Gasteiger partial charge in [0.15, 0.2) is 0 Å². The number of fused-ring (bicyclic) bond motifs is 6. The minimum absolute atomic E-state index is 0.103. The Morgan fingerprint density at radius 3 is 1.57 bits per heavy atom. The summed E-state index contributed by atoms with van der Waals surface area (Å²) in [5, 5.41) is 28.3. The Morgan fingerprint density at radius 1 is 0.714 bits per heavy atom. The van der Waals surface area contributed by atoms with Gasteiger partial charge in [-0.05, 0) is 42.5 Å². The number of carboxylic acid groups (broad SMARTS) is 2. The Kier molecular flexibility index (Phi) is 5.35. The molecule has 8 nitrogen and oxygen atoms in total. The van der Waals surface area contributed by atoms with Crippen molar-refractivity contribution in [2.45, 2.75) is 56.3 Å². The second kappa shape index (κ2) is 8.55. The van der Waals surface area contributed by atoms with E-state index in [1.807, 2.05) is 48.5 Å². The van der Waals surface area contributed by atoms with Gasteiger partial charge in [-0.1, -0.05) is 36.4 Å². The van der Waals surface area contributed by atoms with Gasteiger partial charge in [0.05, 0.1) is 0 Å². The number of carbonyl (C=O) groups is 2. The quantitative estimate of drug-likeness (QED) is 0.253. The van der Waals surface area contributed by atoms with Crippen LogP contribution in [0.1, 0.15) is 53.9 Å². The molecule has 6 rings (SSSR count). The molecular weight excluding hydrogens is 444 g/mol. The molecule has 4 aromatic rings. The Hall–Kier alpha value is -3.62. The summed E-state index contributed by atoms with van der Waals surface area (Å²) in [7, 11) is 0. The molecule has 0 amide bonds. The van der Waals surface area contributed by atoms with E-state index in [0.717, 1.165) is 63.6 Å². The Morgan fingerprint density at radius 2 is 1.14 bits per heavy atom. The second-order valence-electron chi connectivity index (χ2n) is 9.68. The zero-order valence-corrected chi connectivity index (χ0v) is 19.2. The average Bonchev–Trinajstić information content (AvgIpc) is 3.42. The number of H-pyrrole nitrogens is 2. The van der Waals surface area contributed by atoms with Crippen LogP contribution in [-0.4, -0.2) is 44.2 Å². The van der Waals surface area contributed by atoms with Crippen LogP contribution in [0.2, 0.25) is 0 Å². The smallest absolute Gasteiger partial charge is 0.321 e. The van der Waals surface area contributed by atoms with E-state index < -0.39 is 24.0 Å². The first-order chi connectivity index (χ1) is 17.0. The van der Waals surface area contributed by atoms with Gasteiger partial charge in [-0.25, -0.2) is 0 Å². The van der Waals surface area contributed by atoms with Gasteiger partial charge in [0.25, 0.3) is 0 Å². The molecule has 4 heterocycles. The van der Waals surface area contributed by atoms with Crippen molar-refractivity contribution in [2.75, 3.05) is 0 Å². The molecule has 0 bridgehead atoms. The van der Waals surface area contributed by atoms with E-state index in [1.54, 1.807) is 0 Å². The van der Waals surface area contributed by atoms with E-state index in [1.165, 1.54) is 0 Å². The van der Waals surface area contributed by atoms with Crippen LogP contribution in [0.15, 0.2) is 48.5 Å². The van der Waals surface area contributed by atoms with Gasteiger partial charge in [0, 0.05) is 58.1 Å². The minimum atomic E-state index is -0.841. The van der Waals surface area contributed by atoms with E-state index in [0.29, 0.717) is 12.8 Å². The summed E-state index contributed by atoms with van der Waals surface area (Å²) < 4.78 is 0. The molecule has 0 spiro atoms. The molecule has 0 radical (unpaired) electrons. The lowest BCUT2D eigenvalue weighted by Gasteiger charge is -2.31. The summed E-state index contributed by atoms with van der Waals surface area (Å²) in [6.45, 7) is 0. The molecule has 180 valence electrons. The SMILES string of the molecule is O=C(O)[C@@H]1Cc2c([nH]c3ccccc23)[C@@H](CCC[C@H]2N[C@@H](C(=O)O)Cc3c2[nH]c2ccccc32)N1. The number of hydrogen-bond donors (Lipinski definition) is 6. The molecule has 4 atom stereocenters. The number of benzene rings is 2. The van der Waals surface area contributed by atoms with Gasteiger partial charge in [-0.15, -0.1) is 0 Å². The molecule has 35 heavy (non-hydrogen) atoms. The summed E-state index contributed by atoms with van der Waals surface area (Å²) in [4.78, 5) is 30.8. The molecule has 2 aromatic heterocycles. The number of nitrogens with one attached hydrogen (secondary N) is 4. The van der Waals surface area contributed by atoms with E-state index in [-0.39, 0.29) is 12.1 Å². The summed E-state index contributed by atoms with van der Waals surface area (Å²) >= 11 is 0. The number of rotatable bonds is 6. The maximum Gasteiger partial charge on any atom is 0.321 e. The number of hydrogen-bond acceptors (Lipinski definition) is 4. The highest BCUT2D eigenvalue weighted by Crippen LogP contribution is 2.37. The minimum Gasteiger partial charge on any atom is -0.480 e. The fourth-order valence-corrected chi connectivity index (χ4v) is 5.95. The summed E-state index contributed by atoms with van der Waals surface area (Å²) in [5.74, 6) is -1.68. The average molecular weight is 473 g/mol. The number of aliphatic carboxylic acids is 2. The predicted octanol–water partition coefficient (Wildman–Crippen LogP) is 3.80. The van der Waals surface area contributed by atoms with Gasteiger partial charge in [-0.2, -0.15) is 0 Å². The third kappa shape index (κ3) is 3.79. The lowest BCUT2D eigenvalue weighted by Crippen LogP contribution is -2.45. The number of aromatic nitrogens is 2. The molecule has 8 heteroatoms. The first-order valence-corrected chi connectivity index (χ1v) is 12.2. The second-order valence-corrected chi connectivity index (χ2v) is 9.68.